The van der Waals surface area contributed by atoms with Gasteiger partial charge in [0.25, 0.3) is 0 Å². The number of hydrogen-bond donors (Lipinski definition) is 2. The van der Waals surface area contributed by atoms with Gasteiger partial charge in [-0.2, -0.15) is 0 Å². The van der Waals surface area contributed by atoms with Crippen LogP contribution in [0.2, 0.25) is 0 Å². The van der Waals surface area contributed by atoms with E-state index < -0.39 is 16.8 Å². The molecule has 0 rings (SSSR count). The van der Waals surface area contributed by atoms with Crippen LogP contribution >= 0.6 is 0 Å². The van der Waals surface area contributed by atoms with Crippen LogP contribution in [-0.4, -0.2) is 39.4 Å². The predicted octanol–water partition coefficient (Wildman–Crippen LogP) is 7.30. The Labute approximate surface area is 265 Å². The molecule has 0 bridgehead atoms. The second-order valence-electron chi connectivity index (χ2n) is 13.0. The molecular formula is C35H70BrNO4. The summed E-state index contributed by atoms with van der Waals surface area (Å²) < 4.78 is -1.03. The molecule has 3 unspecified atom stereocenters. The fraction of sp³-hybridized carbons (Fsp3) is 0.943. The molecule has 0 aromatic carbocycles. The maximum atomic E-state index is 13.1. The van der Waals surface area contributed by atoms with Gasteiger partial charge in [0.1, 0.15) is 12.3 Å². The van der Waals surface area contributed by atoms with E-state index >= 15 is 0 Å². The van der Waals surface area contributed by atoms with Gasteiger partial charge in [-0.25, -0.2) is 10.0 Å². The molecule has 0 aromatic rings. The largest absolute Gasteiger partial charge is 1.00 e. The fourth-order valence-electron chi connectivity index (χ4n) is 5.71. The first-order valence-electron chi connectivity index (χ1n) is 17.5. The standard InChI is InChI=1S/C35H70NO4.BrH/c1-6-8-10-12-14-16-18-20-22-24-26-28-33(37)32(5)30-36(40,35(39)31(3)4)34(38)29-27-25-23-21-19-17-15-13-11-9-7-2;/h31-32,35,39-40H,6-30H2,1-5H3;1H/q+1;/p-1. The molecule has 0 aliphatic carbocycles. The minimum atomic E-state index is -1.21. The van der Waals surface area contributed by atoms with Crippen LogP contribution in [0.15, 0.2) is 0 Å². The Balaban J connectivity index is 0. The number of amides is 1. The molecule has 1 amide bonds. The molecule has 0 saturated carbocycles. The van der Waals surface area contributed by atoms with Crippen LogP contribution in [0.3, 0.4) is 0 Å². The molecule has 2 N–H and O–H groups in total. The van der Waals surface area contributed by atoms with Crippen LogP contribution in [0.1, 0.15) is 189 Å². The molecule has 6 heteroatoms. The van der Waals surface area contributed by atoms with E-state index in [9.17, 15) is 19.9 Å². The second-order valence-corrected chi connectivity index (χ2v) is 13.0. The number of quaternary nitrogens is 1. The lowest BCUT2D eigenvalue weighted by Crippen LogP contribution is -3.00. The normalized spacial score (nSPS) is 14.4. The van der Waals surface area contributed by atoms with Crippen LogP contribution in [-0.2, 0) is 9.59 Å². The summed E-state index contributed by atoms with van der Waals surface area (Å²) in [7, 11) is 0. The van der Waals surface area contributed by atoms with Gasteiger partial charge in [-0.15, -0.1) is 0 Å². The zero-order chi connectivity index (χ0) is 30.1. The number of ketones is 1. The van der Waals surface area contributed by atoms with E-state index in [4.69, 9.17) is 0 Å². The summed E-state index contributed by atoms with van der Waals surface area (Å²) >= 11 is 0. The van der Waals surface area contributed by atoms with Crippen molar-refractivity contribution in [3.8, 4) is 0 Å². The zero-order valence-electron chi connectivity index (χ0n) is 27.9. The fourth-order valence-corrected chi connectivity index (χ4v) is 5.71. The minimum absolute atomic E-state index is 0. The first-order valence-corrected chi connectivity index (χ1v) is 17.5. The maximum absolute atomic E-state index is 13.1. The molecule has 0 aliphatic heterocycles. The van der Waals surface area contributed by atoms with E-state index in [0.29, 0.717) is 6.42 Å². The van der Waals surface area contributed by atoms with Crippen molar-refractivity contribution in [2.75, 3.05) is 6.54 Å². The smallest absolute Gasteiger partial charge is 0.347 e. The summed E-state index contributed by atoms with van der Waals surface area (Å²) in [4.78, 5) is 26.0. The predicted molar refractivity (Wildman–Crippen MR) is 169 cm³/mol. The molecule has 0 saturated heterocycles. The summed E-state index contributed by atoms with van der Waals surface area (Å²) in [6.45, 7) is 9.87. The highest BCUT2D eigenvalue weighted by Crippen LogP contribution is 2.23. The molecule has 0 aromatic heterocycles. The Morgan fingerprint density at radius 2 is 0.878 bits per heavy atom. The molecular weight excluding hydrogens is 578 g/mol. The van der Waals surface area contributed by atoms with Crippen LogP contribution < -0.4 is 17.0 Å². The van der Waals surface area contributed by atoms with Crippen LogP contribution in [0, 0.1) is 11.8 Å². The summed E-state index contributed by atoms with van der Waals surface area (Å²) in [5.74, 6) is -1.000. The van der Waals surface area contributed by atoms with E-state index in [1.807, 2.05) is 0 Å². The quantitative estimate of drug-likeness (QED) is 0.0294. The first-order chi connectivity index (χ1) is 19.2. The van der Waals surface area contributed by atoms with E-state index in [1.54, 1.807) is 20.8 Å². The van der Waals surface area contributed by atoms with Gasteiger partial charge in [0.2, 0.25) is 6.23 Å². The molecule has 3 atom stereocenters. The van der Waals surface area contributed by atoms with Crippen LogP contribution in [0.5, 0.6) is 0 Å². The lowest BCUT2D eigenvalue weighted by molar-refractivity contribution is -1.08. The Bertz CT molecular complexity index is 615. The van der Waals surface area contributed by atoms with Gasteiger partial charge in [-0.1, -0.05) is 161 Å². The highest BCUT2D eigenvalue weighted by atomic mass is 79.9. The van der Waals surface area contributed by atoms with Crippen molar-refractivity contribution in [2.24, 2.45) is 11.8 Å². The zero-order valence-corrected chi connectivity index (χ0v) is 29.5. The van der Waals surface area contributed by atoms with Gasteiger partial charge >= 0.3 is 5.91 Å². The van der Waals surface area contributed by atoms with Crippen molar-refractivity contribution in [1.29, 1.82) is 0 Å². The van der Waals surface area contributed by atoms with Crippen molar-refractivity contribution in [3.63, 3.8) is 0 Å². The third-order valence-electron chi connectivity index (χ3n) is 8.59. The number of rotatable bonds is 29. The second kappa shape index (κ2) is 28.5. The number of halogens is 1. The van der Waals surface area contributed by atoms with Crippen LogP contribution in [0.4, 0.5) is 0 Å². The number of hydroxylamine groups is 3. The van der Waals surface area contributed by atoms with Gasteiger partial charge in [-0.05, 0) is 19.8 Å². The number of carbonyl (C=O) groups is 2. The van der Waals surface area contributed by atoms with Crippen LogP contribution in [0.25, 0.3) is 0 Å². The maximum Gasteiger partial charge on any atom is 0.347 e. The highest BCUT2D eigenvalue weighted by Gasteiger charge is 2.46. The van der Waals surface area contributed by atoms with Crippen molar-refractivity contribution >= 4 is 11.7 Å². The molecule has 5 nitrogen and oxygen atoms in total. The van der Waals surface area contributed by atoms with Crippen molar-refractivity contribution in [3.05, 3.63) is 0 Å². The van der Waals surface area contributed by atoms with Gasteiger partial charge in [0, 0.05) is 12.3 Å². The van der Waals surface area contributed by atoms with E-state index in [2.05, 4.69) is 13.8 Å². The molecule has 0 aliphatic rings. The number of nitrogens with zero attached hydrogens (tertiary/aromatic N) is 1. The number of aliphatic hydroxyl groups is 1. The number of aliphatic hydroxyl groups excluding tert-OH is 1. The number of hydrogen-bond acceptors (Lipinski definition) is 4. The topological polar surface area (TPSA) is 74.6 Å². The third-order valence-corrected chi connectivity index (χ3v) is 8.59. The Hall–Kier alpha value is -0.300. The summed E-state index contributed by atoms with van der Waals surface area (Å²) in [5, 5.41) is 22.1. The summed E-state index contributed by atoms with van der Waals surface area (Å²) in [5.41, 5.74) is 0. The third kappa shape index (κ3) is 22.0. The average molecular weight is 649 g/mol. The lowest BCUT2D eigenvalue weighted by atomic mass is 9.98. The molecule has 41 heavy (non-hydrogen) atoms. The van der Waals surface area contributed by atoms with E-state index in [1.165, 1.54) is 109 Å². The average Bonchev–Trinajstić information content (AvgIpc) is 2.93. The SMILES string of the molecule is CCCCCCCCCCCCCC(=O)C(C)C[N+](O)(C(=O)CCCCCCCCCCCCC)C(O)C(C)C.[Br-]. The van der Waals surface area contributed by atoms with Gasteiger partial charge in [-0.3, -0.25) is 4.79 Å². The van der Waals surface area contributed by atoms with E-state index in [-0.39, 0.29) is 47.6 Å². The van der Waals surface area contributed by atoms with Gasteiger partial charge in [0.15, 0.2) is 0 Å². The van der Waals surface area contributed by atoms with E-state index in [0.717, 1.165) is 32.1 Å². The Morgan fingerprint density at radius 3 is 1.22 bits per heavy atom. The highest BCUT2D eigenvalue weighted by molar-refractivity contribution is 5.81. The van der Waals surface area contributed by atoms with Crippen molar-refractivity contribution in [2.45, 2.75) is 195 Å². The molecule has 0 spiro atoms. The van der Waals surface area contributed by atoms with Crippen molar-refractivity contribution < 1.29 is 41.5 Å². The summed E-state index contributed by atoms with van der Waals surface area (Å²) in [6, 6.07) is 0. The number of unbranched alkanes of at least 4 members (excludes halogenated alkanes) is 20. The molecule has 246 valence electrons. The Kier molecular flexibility index (Phi) is 29.7. The Morgan fingerprint density at radius 1 is 0.561 bits per heavy atom. The first kappa shape index (κ1) is 42.8. The molecule has 0 fully saturated rings. The molecule has 0 heterocycles. The summed E-state index contributed by atoms with van der Waals surface area (Å²) in [6.07, 6.45) is 26.4. The number of carbonyl (C=O) groups excluding carboxylic acids is 2. The number of Topliss-reactive ketones (excluding diaryl/α,β-unsaturated/α-hetero) is 1. The monoisotopic (exact) mass is 647 g/mol. The van der Waals surface area contributed by atoms with Gasteiger partial charge in [0.05, 0.1) is 12.3 Å². The lowest BCUT2D eigenvalue weighted by Gasteiger charge is -2.35. The minimum Gasteiger partial charge on any atom is -1.00 e. The van der Waals surface area contributed by atoms with Crippen molar-refractivity contribution in [1.82, 2.24) is 0 Å². The molecule has 0 radical (unpaired) electrons. The van der Waals surface area contributed by atoms with Gasteiger partial charge < -0.3 is 22.1 Å².